The van der Waals surface area contributed by atoms with Crippen molar-refractivity contribution in [3.8, 4) is 16.9 Å². The quantitative estimate of drug-likeness (QED) is 0.691. The largest absolute Gasteiger partial charge is 0.484 e. The van der Waals surface area contributed by atoms with Crippen LogP contribution in [-0.2, 0) is 9.59 Å². The summed E-state index contributed by atoms with van der Waals surface area (Å²) in [7, 11) is 0. The Bertz CT molecular complexity index is 1060. The van der Waals surface area contributed by atoms with Crippen LogP contribution >= 0.6 is 0 Å². The van der Waals surface area contributed by atoms with Crippen LogP contribution in [0.1, 0.15) is 31.7 Å². The molecular formula is C24H27F2N3O4. The second-order valence-electron chi connectivity index (χ2n) is 8.77. The molecule has 1 aliphatic carbocycles. The Morgan fingerprint density at radius 2 is 1.94 bits per heavy atom. The number of likely N-dealkylation sites (tertiary alicyclic amines) is 1. The number of pyridine rings is 1. The Hall–Kier alpha value is -3.07. The van der Waals surface area contributed by atoms with E-state index in [0.717, 1.165) is 28.9 Å². The maximum absolute atomic E-state index is 14.7. The summed E-state index contributed by atoms with van der Waals surface area (Å²) < 4.78 is 35.0. The molecule has 33 heavy (non-hydrogen) atoms. The van der Waals surface area contributed by atoms with Gasteiger partial charge >= 0.3 is 5.92 Å². The van der Waals surface area contributed by atoms with Gasteiger partial charge in [0.15, 0.2) is 6.10 Å². The zero-order chi connectivity index (χ0) is 23.8. The summed E-state index contributed by atoms with van der Waals surface area (Å²) in [6, 6.07) is 8.84. The Labute approximate surface area is 190 Å². The number of halogens is 2. The lowest BCUT2D eigenvalue weighted by molar-refractivity contribution is -0.165. The van der Waals surface area contributed by atoms with Crippen molar-refractivity contribution < 1.29 is 28.2 Å². The zero-order valence-electron chi connectivity index (χ0n) is 18.6. The smallest absolute Gasteiger partial charge is 0.301 e. The molecule has 1 saturated heterocycles. The van der Waals surface area contributed by atoms with E-state index in [-0.39, 0.29) is 24.8 Å². The monoisotopic (exact) mass is 459 g/mol. The van der Waals surface area contributed by atoms with Crippen molar-refractivity contribution in [2.24, 2.45) is 5.92 Å². The van der Waals surface area contributed by atoms with Gasteiger partial charge in [-0.2, -0.15) is 0 Å². The summed E-state index contributed by atoms with van der Waals surface area (Å²) in [6.07, 6.45) is 0.693. The SMILES string of the molecule is Cc1cc(-c2ccnc(NC(=O)C3CC3)c2)ccc1O[C@H]1CCN(C(=O)[C@H](C)O)CC1(F)F. The van der Waals surface area contributed by atoms with Crippen LogP contribution < -0.4 is 10.1 Å². The zero-order valence-corrected chi connectivity index (χ0v) is 18.6. The van der Waals surface area contributed by atoms with Gasteiger partial charge in [-0.15, -0.1) is 0 Å². The minimum Gasteiger partial charge on any atom is -0.484 e. The third-order valence-electron chi connectivity index (χ3n) is 5.94. The van der Waals surface area contributed by atoms with E-state index < -0.39 is 30.6 Å². The number of alkyl halides is 2. The van der Waals surface area contributed by atoms with Gasteiger partial charge in [0.1, 0.15) is 17.7 Å². The Balaban J connectivity index is 1.45. The number of amides is 2. The number of nitrogens with one attached hydrogen (secondary N) is 1. The van der Waals surface area contributed by atoms with Crippen LogP contribution in [-0.4, -0.2) is 58.0 Å². The number of aliphatic hydroxyl groups is 1. The number of aromatic nitrogens is 1. The van der Waals surface area contributed by atoms with Crippen molar-refractivity contribution >= 4 is 17.6 Å². The minimum absolute atomic E-state index is 0.0262. The van der Waals surface area contributed by atoms with Gasteiger partial charge < -0.3 is 20.1 Å². The Morgan fingerprint density at radius 1 is 1.21 bits per heavy atom. The summed E-state index contributed by atoms with van der Waals surface area (Å²) in [5.41, 5.74) is 2.36. The van der Waals surface area contributed by atoms with Crippen LogP contribution in [0.3, 0.4) is 0 Å². The third kappa shape index (κ3) is 5.30. The van der Waals surface area contributed by atoms with Gasteiger partial charge in [0.2, 0.25) is 5.91 Å². The number of piperidine rings is 1. The Morgan fingerprint density at radius 3 is 2.58 bits per heavy atom. The van der Waals surface area contributed by atoms with E-state index >= 15 is 0 Å². The molecule has 0 bridgehead atoms. The molecule has 0 radical (unpaired) electrons. The topological polar surface area (TPSA) is 91.8 Å². The summed E-state index contributed by atoms with van der Waals surface area (Å²) in [5.74, 6) is -3.09. The van der Waals surface area contributed by atoms with Crippen molar-refractivity contribution in [3.63, 3.8) is 0 Å². The lowest BCUT2D eigenvalue weighted by Gasteiger charge is -2.38. The number of nitrogens with zero attached hydrogens (tertiary/aromatic N) is 2. The molecule has 4 rings (SSSR count). The molecule has 2 N–H and O–H groups in total. The molecule has 2 amide bonds. The molecule has 9 heteroatoms. The molecule has 2 heterocycles. The van der Waals surface area contributed by atoms with Crippen molar-refractivity contribution in [2.75, 3.05) is 18.4 Å². The van der Waals surface area contributed by atoms with Gasteiger partial charge in [-0.3, -0.25) is 9.59 Å². The average Bonchev–Trinajstić information content (AvgIpc) is 3.61. The fourth-order valence-electron chi connectivity index (χ4n) is 3.88. The molecule has 2 aliphatic rings. The summed E-state index contributed by atoms with van der Waals surface area (Å²) in [4.78, 5) is 29.0. The van der Waals surface area contributed by atoms with E-state index in [9.17, 15) is 23.5 Å². The number of hydrogen-bond acceptors (Lipinski definition) is 5. The lowest BCUT2D eigenvalue weighted by Crippen LogP contribution is -2.56. The molecular weight excluding hydrogens is 432 g/mol. The first kappa shape index (κ1) is 23.1. The number of ether oxygens (including phenoxy) is 1. The van der Waals surface area contributed by atoms with Crippen molar-refractivity contribution in [1.29, 1.82) is 0 Å². The standard InChI is InChI=1S/C24H27F2N3O4/c1-14-11-17(18-7-9-27-21(12-18)28-22(31)16-3-4-16)5-6-19(14)33-20-8-10-29(13-24(20,25)26)23(32)15(2)30/h5-7,9,11-12,15-16,20,30H,3-4,8,10,13H2,1-2H3,(H,27,28,31)/t15-,20-/m0/s1. The normalized spacial score (nSPS) is 20.8. The number of carbonyl (C=O) groups is 2. The molecule has 1 aliphatic heterocycles. The van der Waals surface area contributed by atoms with Crippen LogP contribution in [0.15, 0.2) is 36.5 Å². The molecule has 0 unspecified atom stereocenters. The fourth-order valence-corrected chi connectivity index (χ4v) is 3.88. The molecule has 2 atom stereocenters. The Kier molecular flexibility index (Phi) is 6.34. The number of aliphatic hydroxyl groups excluding tert-OH is 1. The van der Waals surface area contributed by atoms with Gasteiger partial charge in [0.05, 0.1) is 6.54 Å². The van der Waals surface area contributed by atoms with Gasteiger partial charge in [-0.25, -0.2) is 13.8 Å². The van der Waals surface area contributed by atoms with E-state index in [4.69, 9.17) is 4.74 Å². The molecule has 1 aromatic carbocycles. The molecule has 7 nitrogen and oxygen atoms in total. The third-order valence-corrected chi connectivity index (χ3v) is 5.94. The van der Waals surface area contributed by atoms with E-state index in [2.05, 4.69) is 10.3 Å². The number of anilines is 1. The number of benzene rings is 1. The highest BCUT2D eigenvalue weighted by atomic mass is 19.3. The predicted octanol–water partition coefficient (Wildman–Crippen LogP) is 3.40. The number of rotatable bonds is 6. The highest BCUT2D eigenvalue weighted by Gasteiger charge is 2.48. The number of hydrogen-bond donors (Lipinski definition) is 2. The first-order valence-electron chi connectivity index (χ1n) is 11.0. The van der Waals surface area contributed by atoms with E-state index in [1.165, 1.54) is 6.92 Å². The number of carbonyl (C=O) groups excluding carboxylic acids is 2. The average molecular weight is 459 g/mol. The predicted molar refractivity (Wildman–Crippen MR) is 118 cm³/mol. The maximum Gasteiger partial charge on any atom is 0.301 e. The van der Waals surface area contributed by atoms with E-state index in [1.807, 2.05) is 12.1 Å². The summed E-state index contributed by atoms with van der Waals surface area (Å²) in [5, 5.41) is 12.2. The van der Waals surface area contributed by atoms with Gasteiger partial charge in [0.25, 0.3) is 5.91 Å². The molecule has 176 valence electrons. The van der Waals surface area contributed by atoms with Crippen molar-refractivity contribution in [1.82, 2.24) is 9.88 Å². The summed E-state index contributed by atoms with van der Waals surface area (Å²) in [6.45, 7) is 2.35. The summed E-state index contributed by atoms with van der Waals surface area (Å²) >= 11 is 0. The fraction of sp³-hybridized carbons (Fsp3) is 0.458. The molecule has 2 fully saturated rings. The van der Waals surface area contributed by atoms with Crippen LogP contribution in [0.4, 0.5) is 14.6 Å². The van der Waals surface area contributed by atoms with Crippen LogP contribution in [0.2, 0.25) is 0 Å². The van der Waals surface area contributed by atoms with Crippen molar-refractivity contribution in [2.45, 2.75) is 51.2 Å². The maximum atomic E-state index is 14.7. The van der Waals surface area contributed by atoms with Crippen LogP contribution in [0, 0.1) is 12.8 Å². The van der Waals surface area contributed by atoms with Gasteiger partial charge in [-0.1, -0.05) is 6.07 Å². The number of aryl methyl sites for hydroxylation is 1. The van der Waals surface area contributed by atoms with Crippen LogP contribution in [0.5, 0.6) is 5.75 Å². The second kappa shape index (κ2) is 9.05. The van der Waals surface area contributed by atoms with Crippen molar-refractivity contribution in [3.05, 3.63) is 42.1 Å². The highest BCUT2D eigenvalue weighted by molar-refractivity contribution is 5.93. The van der Waals surface area contributed by atoms with Crippen LogP contribution in [0.25, 0.3) is 11.1 Å². The van der Waals surface area contributed by atoms with E-state index in [0.29, 0.717) is 17.1 Å². The lowest BCUT2D eigenvalue weighted by atomic mass is 10.0. The molecule has 1 saturated carbocycles. The second-order valence-corrected chi connectivity index (χ2v) is 8.77. The molecule has 2 aromatic rings. The first-order valence-corrected chi connectivity index (χ1v) is 11.0. The minimum atomic E-state index is -3.24. The van der Waals surface area contributed by atoms with Gasteiger partial charge in [0, 0.05) is 25.1 Å². The first-order chi connectivity index (χ1) is 15.6. The highest BCUT2D eigenvalue weighted by Crippen LogP contribution is 2.34. The van der Waals surface area contributed by atoms with Gasteiger partial charge in [-0.05, 0) is 67.6 Å². The molecule has 1 aromatic heterocycles. The van der Waals surface area contributed by atoms with E-state index in [1.54, 1.807) is 31.3 Å². The molecule has 0 spiro atoms.